The summed E-state index contributed by atoms with van der Waals surface area (Å²) in [6.45, 7) is 3.49. The fraction of sp³-hybridized carbons (Fsp3) is 0.962. The van der Waals surface area contributed by atoms with E-state index < -0.39 is 49.4 Å². The van der Waals surface area contributed by atoms with Gasteiger partial charge in [-0.1, -0.05) is 239 Å². The van der Waals surface area contributed by atoms with Crippen LogP contribution in [0.3, 0.4) is 0 Å². The van der Waals surface area contributed by atoms with Gasteiger partial charge in [0.15, 0.2) is 12.4 Å². The van der Waals surface area contributed by atoms with Crippen molar-refractivity contribution in [2.75, 3.05) is 19.8 Å². The molecule has 2 unspecified atom stereocenters. The third-order valence-corrected chi connectivity index (χ3v) is 12.7. The SMILES string of the molecule is CCCCCCCCCCCCCCCCCCCCCC(=O)O[C@H](COC(=O)CCCCCCCCCCCCCCCCCCCC)CO[C@@H]1O[C@H](CO)[C@H](O)C(O)C1O. The average Bonchev–Trinajstić information content (AvgIpc) is 3.27. The van der Waals surface area contributed by atoms with Crippen molar-refractivity contribution in [1.82, 2.24) is 0 Å². The normalized spacial score (nSPS) is 19.5. The second kappa shape index (κ2) is 43.6. The smallest absolute Gasteiger partial charge is 0.306 e. The molecule has 62 heavy (non-hydrogen) atoms. The predicted molar refractivity (Wildman–Crippen MR) is 252 cm³/mol. The van der Waals surface area contributed by atoms with Gasteiger partial charge in [-0.15, -0.1) is 0 Å². The molecule has 368 valence electrons. The molecule has 0 aromatic heterocycles. The number of hydrogen-bond donors (Lipinski definition) is 4. The molecule has 0 radical (unpaired) electrons. The van der Waals surface area contributed by atoms with Gasteiger partial charge in [0, 0.05) is 12.8 Å². The van der Waals surface area contributed by atoms with E-state index in [9.17, 15) is 30.0 Å². The molecule has 1 fully saturated rings. The third kappa shape index (κ3) is 34.1. The van der Waals surface area contributed by atoms with Gasteiger partial charge in [0.05, 0.1) is 13.2 Å². The van der Waals surface area contributed by atoms with Gasteiger partial charge >= 0.3 is 11.9 Å². The molecule has 10 nitrogen and oxygen atoms in total. The van der Waals surface area contributed by atoms with Crippen molar-refractivity contribution in [1.29, 1.82) is 0 Å². The molecule has 0 amide bonds. The van der Waals surface area contributed by atoms with Crippen LogP contribution in [0, 0.1) is 0 Å². The highest BCUT2D eigenvalue weighted by molar-refractivity contribution is 5.70. The number of hydrogen-bond acceptors (Lipinski definition) is 10. The molecule has 0 saturated carbocycles. The van der Waals surface area contributed by atoms with Gasteiger partial charge < -0.3 is 39.4 Å². The van der Waals surface area contributed by atoms with Crippen molar-refractivity contribution in [2.24, 2.45) is 0 Å². The van der Waals surface area contributed by atoms with Gasteiger partial charge in [-0.2, -0.15) is 0 Å². The molecule has 0 aromatic carbocycles. The van der Waals surface area contributed by atoms with Crippen LogP contribution in [0.15, 0.2) is 0 Å². The van der Waals surface area contributed by atoms with Crippen molar-refractivity contribution >= 4 is 11.9 Å². The molecule has 6 atom stereocenters. The van der Waals surface area contributed by atoms with Crippen molar-refractivity contribution in [3.05, 3.63) is 0 Å². The predicted octanol–water partition coefficient (Wildman–Crippen LogP) is 12.5. The fourth-order valence-electron chi connectivity index (χ4n) is 8.55. The minimum atomic E-state index is -1.59. The summed E-state index contributed by atoms with van der Waals surface area (Å²) in [7, 11) is 0. The molecule has 1 heterocycles. The van der Waals surface area contributed by atoms with E-state index in [1.807, 2.05) is 0 Å². The zero-order valence-electron chi connectivity index (χ0n) is 40.4. The maximum absolute atomic E-state index is 12.8. The summed E-state index contributed by atoms with van der Waals surface area (Å²) in [6, 6.07) is 0. The Kier molecular flexibility index (Phi) is 41.3. The van der Waals surface area contributed by atoms with Crippen LogP contribution >= 0.6 is 0 Å². The van der Waals surface area contributed by atoms with E-state index in [4.69, 9.17) is 18.9 Å². The Morgan fingerprint density at radius 2 is 0.758 bits per heavy atom. The monoisotopic (exact) mass is 885 g/mol. The molecule has 0 bridgehead atoms. The number of ether oxygens (including phenoxy) is 4. The summed E-state index contributed by atoms with van der Waals surface area (Å²) < 4.78 is 22.3. The van der Waals surface area contributed by atoms with E-state index in [1.165, 1.54) is 193 Å². The Bertz CT molecular complexity index is 979. The summed E-state index contributed by atoms with van der Waals surface area (Å²) in [5.74, 6) is -0.784. The van der Waals surface area contributed by atoms with Crippen LogP contribution in [-0.2, 0) is 28.5 Å². The molecular formula is C52H100O10. The van der Waals surface area contributed by atoms with Crippen LogP contribution in [0.1, 0.15) is 264 Å². The van der Waals surface area contributed by atoms with E-state index in [2.05, 4.69) is 13.8 Å². The molecule has 0 aliphatic carbocycles. The minimum Gasteiger partial charge on any atom is -0.462 e. The first-order valence-corrected chi connectivity index (χ1v) is 26.6. The quantitative estimate of drug-likeness (QED) is 0.0343. The molecule has 1 aliphatic rings. The molecule has 1 aliphatic heterocycles. The summed E-state index contributed by atoms with van der Waals surface area (Å²) in [6.07, 6.45) is 39.7. The molecule has 1 saturated heterocycles. The number of aliphatic hydroxyl groups excluding tert-OH is 4. The first kappa shape index (κ1) is 58.7. The largest absolute Gasteiger partial charge is 0.462 e. The standard InChI is InChI=1S/C52H100O10/c1-3-5-7-9-11-13-15-17-19-21-23-25-27-29-31-33-35-37-39-41-48(55)61-45(44-60-52-51(58)50(57)49(56)46(42-53)62-52)43-59-47(54)40-38-36-34-32-30-28-26-24-22-20-18-16-14-12-10-8-6-4-2/h45-46,49-53,56-58H,3-44H2,1-2H3/t45-,46-,49+,50?,51?,52-/m1/s1. The highest BCUT2D eigenvalue weighted by Crippen LogP contribution is 2.23. The highest BCUT2D eigenvalue weighted by atomic mass is 16.7. The molecule has 1 rings (SSSR count). The maximum atomic E-state index is 12.8. The Labute approximate surface area is 380 Å². The summed E-state index contributed by atoms with van der Waals surface area (Å²) >= 11 is 0. The van der Waals surface area contributed by atoms with Crippen LogP contribution in [0.4, 0.5) is 0 Å². The van der Waals surface area contributed by atoms with Crippen LogP contribution in [0.2, 0.25) is 0 Å². The maximum Gasteiger partial charge on any atom is 0.306 e. The summed E-state index contributed by atoms with van der Waals surface area (Å²) in [4.78, 5) is 25.5. The summed E-state index contributed by atoms with van der Waals surface area (Å²) in [5.41, 5.74) is 0. The lowest BCUT2D eigenvalue weighted by Gasteiger charge is -2.39. The van der Waals surface area contributed by atoms with Crippen molar-refractivity contribution in [2.45, 2.75) is 301 Å². The zero-order valence-corrected chi connectivity index (χ0v) is 40.4. The number of aliphatic hydroxyl groups is 4. The van der Waals surface area contributed by atoms with E-state index in [1.54, 1.807) is 0 Å². The van der Waals surface area contributed by atoms with E-state index in [0.717, 1.165) is 38.5 Å². The number of carbonyl (C=O) groups excluding carboxylic acids is 2. The average molecular weight is 885 g/mol. The first-order valence-electron chi connectivity index (χ1n) is 26.6. The van der Waals surface area contributed by atoms with Gasteiger partial charge in [0.25, 0.3) is 0 Å². The van der Waals surface area contributed by atoms with Crippen LogP contribution < -0.4 is 0 Å². The van der Waals surface area contributed by atoms with Crippen LogP contribution in [-0.4, -0.2) is 89.0 Å². The number of carbonyl (C=O) groups is 2. The molecule has 10 heteroatoms. The molecule has 0 spiro atoms. The van der Waals surface area contributed by atoms with Crippen molar-refractivity contribution in [3.8, 4) is 0 Å². The van der Waals surface area contributed by atoms with Crippen LogP contribution in [0.5, 0.6) is 0 Å². The lowest BCUT2D eigenvalue weighted by molar-refractivity contribution is -0.305. The third-order valence-electron chi connectivity index (χ3n) is 12.7. The number of rotatable bonds is 46. The lowest BCUT2D eigenvalue weighted by atomic mass is 9.99. The Morgan fingerprint density at radius 3 is 1.10 bits per heavy atom. The Balaban J connectivity index is 2.23. The number of unbranched alkanes of at least 4 members (excludes halogenated alkanes) is 35. The van der Waals surface area contributed by atoms with Crippen molar-refractivity contribution in [3.63, 3.8) is 0 Å². The number of esters is 2. The van der Waals surface area contributed by atoms with E-state index >= 15 is 0 Å². The molecule has 0 aromatic rings. The molecule has 4 N–H and O–H groups in total. The zero-order chi connectivity index (χ0) is 45.1. The van der Waals surface area contributed by atoms with Gasteiger partial charge in [-0.05, 0) is 12.8 Å². The first-order chi connectivity index (χ1) is 30.3. The summed E-state index contributed by atoms with van der Waals surface area (Å²) in [5, 5.41) is 40.2. The second-order valence-electron chi connectivity index (χ2n) is 18.7. The second-order valence-corrected chi connectivity index (χ2v) is 18.7. The van der Waals surface area contributed by atoms with Gasteiger partial charge in [-0.25, -0.2) is 0 Å². The van der Waals surface area contributed by atoms with Gasteiger partial charge in [0.1, 0.15) is 31.0 Å². The Hall–Kier alpha value is -1.30. The highest BCUT2D eigenvalue weighted by Gasteiger charge is 2.44. The van der Waals surface area contributed by atoms with Crippen LogP contribution in [0.25, 0.3) is 0 Å². The minimum absolute atomic E-state index is 0.208. The fourth-order valence-corrected chi connectivity index (χ4v) is 8.55. The van der Waals surface area contributed by atoms with E-state index in [-0.39, 0.29) is 32.0 Å². The van der Waals surface area contributed by atoms with Gasteiger partial charge in [0.2, 0.25) is 0 Å². The van der Waals surface area contributed by atoms with E-state index in [0.29, 0.717) is 6.42 Å². The van der Waals surface area contributed by atoms with Gasteiger partial charge in [-0.3, -0.25) is 9.59 Å². The topological polar surface area (TPSA) is 152 Å². The Morgan fingerprint density at radius 1 is 0.435 bits per heavy atom. The lowest BCUT2D eigenvalue weighted by Crippen LogP contribution is -2.59. The van der Waals surface area contributed by atoms with Crippen molar-refractivity contribution < 1.29 is 49.0 Å². The molecular weight excluding hydrogens is 785 g/mol.